The molecule has 0 spiro atoms. The Labute approximate surface area is 105 Å². The standard InChI is InChI=1S/C13H15NO4/c1-3-8-18-13(17)14-11-6-4-10(5-7-11)9(2)12(15)16/h3-7,9H,1,8H2,2H3,(H,14,17)(H,15,16). The Kier molecular flexibility index (Phi) is 4.92. The number of hydrogen-bond acceptors (Lipinski definition) is 3. The first-order valence-electron chi connectivity index (χ1n) is 5.42. The summed E-state index contributed by atoms with van der Waals surface area (Å²) in [7, 11) is 0. The molecule has 5 heteroatoms. The van der Waals surface area contributed by atoms with Crippen LogP contribution in [0, 0.1) is 0 Å². The average molecular weight is 249 g/mol. The van der Waals surface area contributed by atoms with Crippen LogP contribution in [0.15, 0.2) is 36.9 Å². The minimum Gasteiger partial charge on any atom is -0.481 e. The van der Waals surface area contributed by atoms with Crippen molar-refractivity contribution in [3.8, 4) is 0 Å². The van der Waals surface area contributed by atoms with Crippen LogP contribution in [-0.4, -0.2) is 23.8 Å². The number of ether oxygens (including phenoxy) is 1. The van der Waals surface area contributed by atoms with E-state index in [0.717, 1.165) is 0 Å². The number of carbonyl (C=O) groups is 2. The number of carboxylic acids is 1. The Morgan fingerprint density at radius 1 is 1.44 bits per heavy atom. The first-order valence-corrected chi connectivity index (χ1v) is 5.42. The maximum absolute atomic E-state index is 11.2. The van der Waals surface area contributed by atoms with Crippen molar-refractivity contribution in [1.82, 2.24) is 0 Å². The molecule has 1 atom stereocenters. The summed E-state index contributed by atoms with van der Waals surface area (Å²) in [5.41, 5.74) is 1.22. The SMILES string of the molecule is C=CCOC(=O)Nc1ccc(C(C)C(=O)O)cc1. The third-order valence-corrected chi connectivity index (χ3v) is 2.36. The fourth-order valence-corrected chi connectivity index (χ4v) is 1.29. The lowest BCUT2D eigenvalue weighted by Gasteiger charge is -2.08. The second-order valence-electron chi connectivity index (χ2n) is 3.69. The monoisotopic (exact) mass is 249 g/mol. The summed E-state index contributed by atoms with van der Waals surface area (Å²) in [4.78, 5) is 22.0. The van der Waals surface area contributed by atoms with Gasteiger partial charge in [0, 0.05) is 5.69 Å². The molecule has 0 fully saturated rings. The molecule has 0 aliphatic rings. The van der Waals surface area contributed by atoms with Gasteiger partial charge in [-0.15, -0.1) is 0 Å². The van der Waals surface area contributed by atoms with Gasteiger partial charge >= 0.3 is 12.1 Å². The zero-order chi connectivity index (χ0) is 13.5. The van der Waals surface area contributed by atoms with E-state index in [2.05, 4.69) is 11.9 Å². The molecule has 0 aromatic heterocycles. The van der Waals surface area contributed by atoms with E-state index in [9.17, 15) is 9.59 Å². The van der Waals surface area contributed by atoms with E-state index >= 15 is 0 Å². The van der Waals surface area contributed by atoms with Crippen molar-refractivity contribution < 1.29 is 19.4 Å². The van der Waals surface area contributed by atoms with Crippen LogP contribution >= 0.6 is 0 Å². The van der Waals surface area contributed by atoms with E-state index in [4.69, 9.17) is 9.84 Å². The van der Waals surface area contributed by atoms with E-state index in [1.807, 2.05) is 0 Å². The molecule has 96 valence electrons. The van der Waals surface area contributed by atoms with Gasteiger partial charge in [-0.3, -0.25) is 10.1 Å². The van der Waals surface area contributed by atoms with Gasteiger partial charge in [-0.2, -0.15) is 0 Å². The number of rotatable bonds is 5. The first-order chi connectivity index (χ1) is 8.54. The van der Waals surface area contributed by atoms with Crippen molar-refractivity contribution >= 4 is 17.7 Å². The van der Waals surface area contributed by atoms with E-state index in [-0.39, 0.29) is 6.61 Å². The van der Waals surface area contributed by atoms with Crippen LogP contribution in [-0.2, 0) is 9.53 Å². The lowest BCUT2D eigenvalue weighted by Crippen LogP contribution is -2.13. The summed E-state index contributed by atoms with van der Waals surface area (Å²) in [5, 5.41) is 11.4. The van der Waals surface area contributed by atoms with Gasteiger partial charge in [-0.05, 0) is 24.6 Å². The molecule has 1 amide bonds. The number of benzene rings is 1. The normalized spacial score (nSPS) is 11.4. The number of amides is 1. The molecule has 1 rings (SSSR count). The molecule has 1 aromatic carbocycles. The van der Waals surface area contributed by atoms with Gasteiger partial charge < -0.3 is 9.84 Å². The number of hydrogen-bond donors (Lipinski definition) is 2. The molecule has 0 saturated heterocycles. The maximum Gasteiger partial charge on any atom is 0.411 e. The zero-order valence-electron chi connectivity index (χ0n) is 10.1. The minimum absolute atomic E-state index is 0.139. The highest BCUT2D eigenvalue weighted by Crippen LogP contribution is 2.18. The third-order valence-electron chi connectivity index (χ3n) is 2.36. The number of aliphatic carboxylic acids is 1. The molecule has 0 saturated carbocycles. The highest BCUT2D eigenvalue weighted by Gasteiger charge is 2.13. The Morgan fingerprint density at radius 2 is 2.06 bits per heavy atom. The summed E-state index contributed by atoms with van der Waals surface area (Å²) in [6, 6.07) is 6.57. The van der Waals surface area contributed by atoms with Crippen molar-refractivity contribution in [3.63, 3.8) is 0 Å². The van der Waals surface area contributed by atoms with Crippen molar-refractivity contribution in [3.05, 3.63) is 42.5 Å². The van der Waals surface area contributed by atoms with Gasteiger partial charge in [0.15, 0.2) is 0 Å². The van der Waals surface area contributed by atoms with Gasteiger partial charge in [0.05, 0.1) is 5.92 Å². The van der Waals surface area contributed by atoms with Crippen molar-refractivity contribution in [2.75, 3.05) is 11.9 Å². The van der Waals surface area contributed by atoms with Crippen LogP contribution in [0.25, 0.3) is 0 Å². The summed E-state index contributed by atoms with van der Waals surface area (Å²) >= 11 is 0. The lowest BCUT2D eigenvalue weighted by molar-refractivity contribution is -0.138. The van der Waals surface area contributed by atoms with Crippen LogP contribution in [0.2, 0.25) is 0 Å². The molecule has 0 aliphatic carbocycles. The number of anilines is 1. The maximum atomic E-state index is 11.2. The largest absolute Gasteiger partial charge is 0.481 e. The van der Waals surface area contributed by atoms with Crippen molar-refractivity contribution in [1.29, 1.82) is 0 Å². The van der Waals surface area contributed by atoms with Crippen LogP contribution in [0.1, 0.15) is 18.4 Å². The summed E-state index contributed by atoms with van der Waals surface area (Å²) < 4.78 is 4.75. The van der Waals surface area contributed by atoms with Gasteiger partial charge in [-0.1, -0.05) is 24.8 Å². The lowest BCUT2D eigenvalue weighted by atomic mass is 10.0. The highest BCUT2D eigenvalue weighted by molar-refractivity contribution is 5.84. The molecule has 18 heavy (non-hydrogen) atoms. The summed E-state index contributed by atoms with van der Waals surface area (Å²) in [5.74, 6) is -1.46. The fraction of sp³-hybridized carbons (Fsp3) is 0.231. The summed E-state index contributed by atoms with van der Waals surface area (Å²) in [6.07, 6.45) is 0.894. The summed E-state index contributed by atoms with van der Waals surface area (Å²) in [6.45, 7) is 5.17. The van der Waals surface area contributed by atoms with Gasteiger partial charge in [0.1, 0.15) is 6.61 Å². The Hall–Kier alpha value is -2.30. The number of carboxylic acid groups (broad SMARTS) is 1. The molecule has 0 aliphatic heterocycles. The Morgan fingerprint density at radius 3 is 2.56 bits per heavy atom. The molecular weight excluding hydrogens is 234 g/mol. The minimum atomic E-state index is -0.888. The van der Waals surface area contributed by atoms with E-state index in [1.165, 1.54) is 6.08 Å². The molecule has 0 radical (unpaired) electrons. The van der Waals surface area contributed by atoms with Gasteiger partial charge in [0.2, 0.25) is 0 Å². The Bertz CT molecular complexity index is 439. The van der Waals surface area contributed by atoms with E-state index < -0.39 is 18.0 Å². The predicted molar refractivity (Wildman–Crippen MR) is 67.7 cm³/mol. The topological polar surface area (TPSA) is 75.6 Å². The second-order valence-corrected chi connectivity index (χ2v) is 3.69. The van der Waals surface area contributed by atoms with Crippen molar-refractivity contribution in [2.45, 2.75) is 12.8 Å². The van der Waals surface area contributed by atoms with Crippen LogP contribution in [0.5, 0.6) is 0 Å². The van der Waals surface area contributed by atoms with Crippen LogP contribution in [0.3, 0.4) is 0 Å². The molecule has 0 bridgehead atoms. The first kappa shape index (κ1) is 13.8. The Balaban J connectivity index is 2.63. The van der Waals surface area contributed by atoms with Crippen molar-refractivity contribution in [2.24, 2.45) is 0 Å². The molecule has 1 aromatic rings. The van der Waals surface area contributed by atoms with E-state index in [0.29, 0.717) is 11.3 Å². The molecule has 2 N–H and O–H groups in total. The highest BCUT2D eigenvalue weighted by atomic mass is 16.5. The van der Waals surface area contributed by atoms with Gasteiger partial charge in [0.25, 0.3) is 0 Å². The predicted octanol–water partition coefficient (Wildman–Crippen LogP) is 2.61. The zero-order valence-corrected chi connectivity index (χ0v) is 10.1. The fourth-order valence-electron chi connectivity index (χ4n) is 1.29. The third kappa shape index (κ3) is 3.93. The smallest absolute Gasteiger partial charge is 0.411 e. The van der Waals surface area contributed by atoms with Crippen LogP contribution < -0.4 is 5.32 Å². The molecule has 5 nitrogen and oxygen atoms in total. The van der Waals surface area contributed by atoms with Gasteiger partial charge in [-0.25, -0.2) is 4.79 Å². The quantitative estimate of drug-likeness (QED) is 0.786. The van der Waals surface area contributed by atoms with Crippen LogP contribution in [0.4, 0.5) is 10.5 Å². The molecule has 1 unspecified atom stereocenters. The molecule has 0 heterocycles. The van der Waals surface area contributed by atoms with E-state index in [1.54, 1.807) is 31.2 Å². The molecular formula is C13H15NO4. The second kappa shape index (κ2) is 6.44. The average Bonchev–Trinajstić information content (AvgIpc) is 2.36. The number of carbonyl (C=O) groups excluding carboxylic acids is 1. The number of nitrogens with one attached hydrogen (secondary N) is 1.